The third-order valence-electron chi connectivity index (χ3n) is 5.47. The van der Waals surface area contributed by atoms with Crippen LogP contribution in [-0.4, -0.2) is 19.9 Å². The molecule has 0 saturated carbocycles. The summed E-state index contributed by atoms with van der Waals surface area (Å²) < 4.78 is 0. The maximum Gasteiger partial charge on any atom is 0.0659 e. The molecule has 30 heavy (non-hydrogen) atoms. The van der Waals surface area contributed by atoms with E-state index >= 15 is 0 Å². The number of H-pyrrole nitrogens is 2. The number of unbranched alkanes of at least 4 members (excludes halogenated alkanes) is 1. The first-order valence-electron chi connectivity index (χ1n) is 10.5. The molecule has 150 valence electrons. The zero-order valence-electron chi connectivity index (χ0n) is 17.0. The van der Waals surface area contributed by atoms with Gasteiger partial charge in [-0.05, 0) is 78.8 Å². The first-order valence-corrected chi connectivity index (χ1v) is 10.5. The molecule has 2 aliphatic heterocycles. The highest BCUT2D eigenvalue weighted by molar-refractivity contribution is 5.78. The van der Waals surface area contributed by atoms with Gasteiger partial charge in [0.05, 0.1) is 22.8 Å². The lowest BCUT2D eigenvalue weighted by atomic mass is 10.0. The Morgan fingerprint density at radius 2 is 1.40 bits per heavy atom. The van der Waals surface area contributed by atoms with Crippen molar-refractivity contribution in [3.05, 3.63) is 70.8 Å². The molecule has 0 spiro atoms. The van der Waals surface area contributed by atoms with Gasteiger partial charge < -0.3 is 15.7 Å². The fourth-order valence-electron chi connectivity index (χ4n) is 3.93. The summed E-state index contributed by atoms with van der Waals surface area (Å²) in [6.45, 7) is 2.19. The molecule has 3 aromatic heterocycles. The van der Waals surface area contributed by atoms with Crippen molar-refractivity contribution in [2.45, 2.75) is 32.2 Å². The van der Waals surface area contributed by atoms with Crippen LogP contribution < -0.4 is 5.73 Å². The van der Waals surface area contributed by atoms with Crippen LogP contribution in [0.1, 0.15) is 60.6 Å². The number of nitrogens with zero attached hydrogens (tertiary/aromatic N) is 2. The van der Waals surface area contributed by atoms with Gasteiger partial charge in [-0.1, -0.05) is 19.8 Å². The number of hydrogen-bond donors (Lipinski definition) is 3. The summed E-state index contributed by atoms with van der Waals surface area (Å²) in [6.07, 6.45) is 11.3. The fraction of sp³-hybridized carbons (Fsp3) is 0.200. The van der Waals surface area contributed by atoms with Crippen LogP contribution in [0.5, 0.6) is 0 Å². The molecule has 8 bridgehead atoms. The molecule has 2 aliphatic rings. The van der Waals surface area contributed by atoms with Crippen molar-refractivity contribution in [3.63, 3.8) is 0 Å². The molecule has 3 aromatic rings. The molecule has 0 aromatic carbocycles. The number of nitrogens with one attached hydrogen (secondary N) is 2. The van der Waals surface area contributed by atoms with Gasteiger partial charge in [0.1, 0.15) is 0 Å². The van der Waals surface area contributed by atoms with Crippen LogP contribution in [0.25, 0.3) is 46.4 Å². The van der Waals surface area contributed by atoms with Crippen molar-refractivity contribution >= 4 is 46.4 Å². The summed E-state index contributed by atoms with van der Waals surface area (Å²) in [5.74, 6) is 0. The molecule has 5 heterocycles. The minimum absolute atomic E-state index is 0.00292. The Labute approximate surface area is 175 Å². The Hall–Kier alpha value is -3.44. The van der Waals surface area contributed by atoms with E-state index in [9.17, 15) is 0 Å². The van der Waals surface area contributed by atoms with Crippen LogP contribution in [0.2, 0.25) is 0 Å². The zero-order valence-corrected chi connectivity index (χ0v) is 17.0. The number of nitrogens with two attached hydrogens (primary N) is 1. The van der Waals surface area contributed by atoms with Gasteiger partial charge in [0.25, 0.3) is 0 Å². The Morgan fingerprint density at radius 1 is 0.767 bits per heavy atom. The molecule has 0 saturated heterocycles. The number of rotatable bonds is 4. The number of aromatic amines is 2. The molecule has 0 fully saturated rings. The molecule has 0 amide bonds. The van der Waals surface area contributed by atoms with E-state index in [-0.39, 0.29) is 6.04 Å². The fourth-order valence-corrected chi connectivity index (χ4v) is 3.93. The Bertz CT molecular complexity index is 1310. The van der Waals surface area contributed by atoms with Gasteiger partial charge in [-0.25, -0.2) is 9.97 Å². The molecule has 4 N–H and O–H groups in total. The van der Waals surface area contributed by atoms with Gasteiger partial charge in [0.2, 0.25) is 0 Å². The molecule has 0 aliphatic carbocycles. The summed E-state index contributed by atoms with van der Waals surface area (Å²) in [5, 5.41) is 0. The monoisotopic (exact) mass is 395 g/mol. The SMILES string of the molecule is CCCCC(N)c1cc2cc3ccc(cc4nc(cc5nc(cc1[nH]2)C=C5)C=C4)[nH]3. The number of aromatic nitrogens is 4. The third kappa shape index (κ3) is 3.84. The van der Waals surface area contributed by atoms with Gasteiger partial charge in [-0.2, -0.15) is 0 Å². The summed E-state index contributed by atoms with van der Waals surface area (Å²) in [6, 6.07) is 14.5. The summed E-state index contributed by atoms with van der Waals surface area (Å²) in [5.41, 5.74) is 15.4. The van der Waals surface area contributed by atoms with E-state index in [1.165, 1.54) is 0 Å². The maximum atomic E-state index is 6.55. The van der Waals surface area contributed by atoms with E-state index in [0.29, 0.717) is 0 Å². The number of fused-ring (bicyclic) bond motifs is 8. The minimum atomic E-state index is -0.00292. The van der Waals surface area contributed by atoms with Crippen molar-refractivity contribution in [2.75, 3.05) is 0 Å². The highest BCUT2D eigenvalue weighted by atomic mass is 14.8. The maximum absolute atomic E-state index is 6.55. The van der Waals surface area contributed by atoms with E-state index in [1.807, 2.05) is 36.4 Å². The predicted molar refractivity (Wildman–Crippen MR) is 125 cm³/mol. The van der Waals surface area contributed by atoms with Gasteiger partial charge in [-0.3, -0.25) is 0 Å². The predicted octanol–water partition coefficient (Wildman–Crippen LogP) is 5.85. The average molecular weight is 396 g/mol. The van der Waals surface area contributed by atoms with Gasteiger partial charge in [0.15, 0.2) is 0 Å². The van der Waals surface area contributed by atoms with Crippen molar-refractivity contribution < 1.29 is 0 Å². The average Bonchev–Trinajstić information content (AvgIpc) is 3.51. The smallest absolute Gasteiger partial charge is 0.0659 e. The minimum Gasteiger partial charge on any atom is -0.355 e. The van der Waals surface area contributed by atoms with Gasteiger partial charge >= 0.3 is 0 Å². The van der Waals surface area contributed by atoms with Crippen molar-refractivity contribution in [2.24, 2.45) is 5.73 Å². The second-order valence-corrected chi connectivity index (χ2v) is 7.88. The molecular formula is C25H25N5. The van der Waals surface area contributed by atoms with Crippen LogP contribution in [-0.2, 0) is 0 Å². The molecule has 1 atom stereocenters. The summed E-state index contributed by atoms with van der Waals surface area (Å²) >= 11 is 0. The highest BCUT2D eigenvalue weighted by Gasteiger charge is 2.11. The standard InChI is InChI=1S/C25H25N5/c1-2-3-4-24(26)23-14-22-13-20-8-7-18(28-20)11-16-5-6-17(27-16)12-19-9-10-21(29-19)15-25(23)30-22/h5-15,24,28,30H,2-4,26H2,1H3. The highest BCUT2D eigenvalue weighted by Crippen LogP contribution is 2.25. The lowest BCUT2D eigenvalue weighted by Gasteiger charge is -2.09. The number of hydrogen-bond acceptors (Lipinski definition) is 3. The summed E-state index contributed by atoms with van der Waals surface area (Å²) in [4.78, 5) is 16.4. The van der Waals surface area contributed by atoms with E-state index in [4.69, 9.17) is 10.7 Å². The van der Waals surface area contributed by atoms with Crippen LogP contribution in [0.4, 0.5) is 0 Å². The first kappa shape index (κ1) is 18.6. The van der Waals surface area contributed by atoms with Crippen LogP contribution in [0, 0.1) is 0 Å². The van der Waals surface area contributed by atoms with Crippen LogP contribution >= 0.6 is 0 Å². The topological polar surface area (TPSA) is 83.4 Å². The zero-order chi connectivity index (χ0) is 20.5. The van der Waals surface area contributed by atoms with Crippen LogP contribution in [0.15, 0.2) is 42.5 Å². The third-order valence-corrected chi connectivity index (χ3v) is 5.47. The molecule has 5 heteroatoms. The lowest BCUT2D eigenvalue weighted by molar-refractivity contribution is 0.607. The second-order valence-electron chi connectivity index (χ2n) is 7.88. The first-order chi connectivity index (χ1) is 14.7. The lowest BCUT2D eigenvalue weighted by Crippen LogP contribution is -2.09. The molecule has 0 radical (unpaired) electrons. The van der Waals surface area contributed by atoms with E-state index in [0.717, 1.165) is 69.7 Å². The van der Waals surface area contributed by atoms with Crippen molar-refractivity contribution in [3.8, 4) is 0 Å². The van der Waals surface area contributed by atoms with Gasteiger partial charge in [0, 0.05) is 28.1 Å². The quantitative estimate of drug-likeness (QED) is 0.357. The Balaban J connectivity index is 1.76. The van der Waals surface area contributed by atoms with Gasteiger partial charge in [-0.15, -0.1) is 0 Å². The van der Waals surface area contributed by atoms with Crippen molar-refractivity contribution in [1.82, 2.24) is 19.9 Å². The molecule has 1 unspecified atom stereocenters. The Morgan fingerprint density at radius 3 is 2.10 bits per heavy atom. The van der Waals surface area contributed by atoms with E-state index in [2.05, 4.69) is 52.2 Å². The second kappa shape index (κ2) is 7.76. The summed E-state index contributed by atoms with van der Waals surface area (Å²) in [7, 11) is 0. The largest absolute Gasteiger partial charge is 0.355 e. The molecule has 5 rings (SSSR count). The van der Waals surface area contributed by atoms with Crippen molar-refractivity contribution in [1.29, 1.82) is 0 Å². The van der Waals surface area contributed by atoms with E-state index < -0.39 is 0 Å². The van der Waals surface area contributed by atoms with Crippen LogP contribution in [0.3, 0.4) is 0 Å². The Kier molecular flexibility index (Phi) is 4.81. The normalized spacial score (nSPS) is 13.7. The van der Waals surface area contributed by atoms with E-state index in [1.54, 1.807) is 0 Å². The molecule has 5 nitrogen and oxygen atoms in total. The molecular weight excluding hydrogens is 370 g/mol.